The molecule has 1 aliphatic rings. The molecule has 1 fully saturated rings. The summed E-state index contributed by atoms with van der Waals surface area (Å²) in [5.41, 5.74) is 0. The van der Waals surface area contributed by atoms with Crippen molar-refractivity contribution in [3.63, 3.8) is 0 Å². The third-order valence-electron chi connectivity index (χ3n) is 3.63. The molecule has 22 heavy (non-hydrogen) atoms. The Balaban J connectivity index is 1.75. The summed E-state index contributed by atoms with van der Waals surface area (Å²) in [6.07, 6.45) is 0. The average Bonchev–Trinajstić information content (AvgIpc) is 2.97. The van der Waals surface area contributed by atoms with E-state index in [4.69, 9.17) is 4.74 Å². The van der Waals surface area contributed by atoms with E-state index in [1.807, 2.05) is 28.9 Å². The van der Waals surface area contributed by atoms with Crippen LogP contribution in [0.25, 0.3) is 0 Å². The van der Waals surface area contributed by atoms with Gasteiger partial charge in [0.25, 0.3) is 5.91 Å². The van der Waals surface area contributed by atoms with Crippen LogP contribution in [0.2, 0.25) is 0 Å². The van der Waals surface area contributed by atoms with Crippen molar-refractivity contribution in [2.45, 2.75) is 6.92 Å². The molecule has 0 spiro atoms. The largest absolute Gasteiger partial charge is 0.383 e. The Labute approximate surface area is 135 Å². The fourth-order valence-electron chi connectivity index (χ4n) is 2.35. The molecule has 2 amide bonds. The lowest BCUT2D eigenvalue weighted by Gasteiger charge is -2.34. The molecule has 0 bridgehead atoms. The number of methoxy groups -OCH3 is 1. The standard InChI is InChI=1S/C15H23N3O3S/c1-12-3-4-13(22-12)15(20)18-8-6-17(7-9-18)14(19)11-16-5-10-21-2/h3-4,16H,5-11H2,1-2H3. The summed E-state index contributed by atoms with van der Waals surface area (Å²) in [4.78, 5) is 29.9. The third kappa shape index (κ3) is 4.53. The summed E-state index contributed by atoms with van der Waals surface area (Å²) in [6, 6.07) is 3.84. The number of thiophene rings is 1. The average molecular weight is 325 g/mol. The highest BCUT2D eigenvalue weighted by atomic mass is 32.1. The number of hydrogen-bond donors (Lipinski definition) is 1. The Morgan fingerprint density at radius 2 is 1.91 bits per heavy atom. The quantitative estimate of drug-likeness (QED) is 0.777. The predicted octanol–water partition coefficient (Wildman–Crippen LogP) is 0.577. The van der Waals surface area contributed by atoms with Crippen LogP contribution in [0.15, 0.2) is 12.1 Å². The van der Waals surface area contributed by atoms with Gasteiger partial charge in [-0.3, -0.25) is 9.59 Å². The van der Waals surface area contributed by atoms with Gasteiger partial charge in [0.15, 0.2) is 0 Å². The van der Waals surface area contributed by atoms with Crippen molar-refractivity contribution in [1.29, 1.82) is 0 Å². The molecule has 2 rings (SSSR count). The number of carbonyl (C=O) groups is 2. The van der Waals surface area contributed by atoms with Crippen molar-refractivity contribution < 1.29 is 14.3 Å². The Morgan fingerprint density at radius 3 is 2.50 bits per heavy atom. The number of nitrogens with one attached hydrogen (secondary N) is 1. The Kier molecular flexibility index (Phi) is 6.35. The highest BCUT2D eigenvalue weighted by Crippen LogP contribution is 2.18. The number of ether oxygens (including phenoxy) is 1. The summed E-state index contributed by atoms with van der Waals surface area (Å²) < 4.78 is 4.92. The van der Waals surface area contributed by atoms with Gasteiger partial charge in [-0.05, 0) is 19.1 Å². The van der Waals surface area contributed by atoms with Crippen LogP contribution in [-0.2, 0) is 9.53 Å². The lowest BCUT2D eigenvalue weighted by atomic mass is 10.3. The summed E-state index contributed by atoms with van der Waals surface area (Å²) in [5.74, 6) is 0.151. The normalized spacial score (nSPS) is 15.2. The molecule has 1 N–H and O–H groups in total. The topological polar surface area (TPSA) is 61.9 Å². The summed E-state index contributed by atoms with van der Waals surface area (Å²) in [7, 11) is 1.63. The van der Waals surface area contributed by atoms with Crippen LogP contribution in [0.4, 0.5) is 0 Å². The fourth-order valence-corrected chi connectivity index (χ4v) is 3.18. The molecule has 0 saturated carbocycles. The summed E-state index contributed by atoms with van der Waals surface area (Å²) in [6.45, 7) is 5.96. The van der Waals surface area contributed by atoms with Gasteiger partial charge in [-0.2, -0.15) is 0 Å². The van der Waals surface area contributed by atoms with Gasteiger partial charge in [0.1, 0.15) is 0 Å². The van der Waals surface area contributed by atoms with Crippen molar-refractivity contribution in [1.82, 2.24) is 15.1 Å². The van der Waals surface area contributed by atoms with Crippen molar-refractivity contribution in [3.05, 3.63) is 21.9 Å². The van der Waals surface area contributed by atoms with Crippen LogP contribution in [0.5, 0.6) is 0 Å². The smallest absolute Gasteiger partial charge is 0.264 e. The SMILES string of the molecule is COCCNCC(=O)N1CCN(C(=O)c2ccc(C)s2)CC1. The van der Waals surface area contributed by atoms with E-state index in [9.17, 15) is 9.59 Å². The van der Waals surface area contributed by atoms with Crippen LogP contribution in [-0.4, -0.2) is 74.6 Å². The second-order valence-corrected chi connectivity index (χ2v) is 6.54. The monoisotopic (exact) mass is 325 g/mol. The zero-order valence-corrected chi connectivity index (χ0v) is 13.9. The number of hydrogen-bond acceptors (Lipinski definition) is 5. The molecular weight excluding hydrogens is 302 g/mol. The van der Waals surface area contributed by atoms with E-state index < -0.39 is 0 Å². The highest BCUT2D eigenvalue weighted by Gasteiger charge is 2.25. The third-order valence-corrected chi connectivity index (χ3v) is 4.62. The van der Waals surface area contributed by atoms with Gasteiger partial charge in [-0.1, -0.05) is 0 Å². The Hall–Kier alpha value is -1.44. The highest BCUT2D eigenvalue weighted by molar-refractivity contribution is 7.13. The number of carbonyl (C=O) groups excluding carboxylic acids is 2. The predicted molar refractivity (Wildman–Crippen MR) is 86.3 cm³/mol. The zero-order valence-electron chi connectivity index (χ0n) is 13.1. The molecule has 0 atom stereocenters. The molecule has 1 aromatic rings. The molecule has 0 aromatic carbocycles. The first kappa shape index (κ1) is 16.9. The lowest BCUT2D eigenvalue weighted by molar-refractivity contribution is -0.131. The van der Waals surface area contributed by atoms with Crippen LogP contribution in [0, 0.1) is 6.92 Å². The molecular formula is C15H23N3O3S. The van der Waals surface area contributed by atoms with Crippen LogP contribution < -0.4 is 5.32 Å². The van der Waals surface area contributed by atoms with Crippen molar-refractivity contribution in [2.24, 2.45) is 0 Å². The van der Waals surface area contributed by atoms with E-state index in [0.717, 1.165) is 9.75 Å². The zero-order chi connectivity index (χ0) is 15.9. The molecule has 0 radical (unpaired) electrons. The van der Waals surface area contributed by atoms with Gasteiger partial charge in [-0.15, -0.1) is 11.3 Å². The van der Waals surface area contributed by atoms with Gasteiger partial charge >= 0.3 is 0 Å². The van der Waals surface area contributed by atoms with Crippen LogP contribution in [0.3, 0.4) is 0 Å². The first-order valence-electron chi connectivity index (χ1n) is 7.45. The molecule has 6 nitrogen and oxygen atoms in total. The number of rotatable bonds is 6. The lowest BCUT2D eigenvalue weighted by Crippen LogP contribution is -2.52. The van der Waals surface area contributed by atoms with Crippen LogP contribution in [0.1, 0.15) is 14.5 Å². The first-order valence-corrected chi connectivity index (χ1v) is 8.26. The number of amides is 2. The molecule has 7 heteroatoms. The minimum atomic E-state index is 0.0726. The first-order chi connectivity index (χ1) is 10.6. The van der Waals surface area contributed by atoms with E-state index in [0.29, 0.717) is 45.9 Å². The Morgan fingerprint density at radius 1 is 1.23 bits per heavy atom. The maximum atomic E-state index is 12.3. The van der Waals surface area contributed by atoms with Gasteiger partial charge in [0.2, 0.25) is 5.91 Å². The molecule has 0 unspecified atom stereocenters. The second-order valence-electron chi connectivity index (χ2n) is 5.25. The van der Waals surface area contributed by atoms with E-state index in [1.165, 1.54) is 11.3 Å². The van der Waals surface area contributed by atoms with Crippen molar-refractivity contribution in [3.8, 4) is 0 Å². The van der Waals surface area contributed by atoms with Gasteiger partial charge in [0.05, 0.1) is 18.0 Å². The second kappa shape index (κ2) is 8.26. The summed E-state index contributed by atoms with van der Waals surface area (Å²) >= 11 is 1.52. The van der Waals surface area contributed by atoms with Gasteiger partial charge in [0, 0.05) is 44.7 Å². The number of piperazine rings is 1. The van der Waals surface area contributed by atoms with Crippen molar-refractivity contribution >= 4 is 23.2 Å². The molecule has 0 aliphatic carbocycles. The minimum absolute atomic E-state index is 0.0726. The van der Waals surface area contributed by atoms with E-state index in [1.54, 1.807) is 7.11 Å². The van der Waals surface area contributed by atoms with Crippen molar-refractivity contribution in [2.75, 3.05) is 53.0 Å². The fraction of sp³-hybridized carbons (Fsp3) is 0.600. The van der Waals surface area contributed by atoms with E-state index in [-0.39, 0.29) is 11.8 Å². The molecule has 2 heterocycles. The Bertz CT molecular complexity index is 510. The van der Waals surface area contributed by atoms with E-state index >= 15 is 0 Å². The van der Waals surface area contributed by atoms with Gasteiger partial charge in [-0.25, -0.2) is 0 Å². The van der Waals surface area contributed by atoms with Gasteiger partial charge < -0.3 is 19.9 Å². The van der Waals surface area contributed by atoms with E-state index in [2.05, 4.69) is 5.32 Å². The maximum Gasteiger partial charge on any atom is 0.264 e. The minimum Gasteiger partial charge on any atom is -0.383 e. The molecule has 1 aliphatic heterocycles. The number of nitrogens with zero attached hydrogens (tertiary/aromatic N) is 2. The molecule has 1 aromatic heterocycles. The summed E-state index contributed by atoms with van der Waals surface area (Å²) in [5, 5.41) is 3.05. The maximum absolute atomic E-state index is 12.3. The molecule has 1 saturated heterocycles. The number of aryl methyl sites for hydroxylation is 1. The van der Waals surface area contributed by atoms with Crippen LogP contribution >= 0.6 is 11.3 Å². The molecule has 122 valence electrons.